The van der Waals surface area contributed by atoms with Crippen LogP contribution < -0.4 is 0 Å². The lowest BCUT2D eigenvalue weighted by molar-refractivity contribution is 0.310. The molecular formula is C19H38. The van der Waals surface area contributed by atoms with Gasteiger partial charge in [0.25, 0.3) is 0 Å². The van der Waals surface area contributed by atoms with E-state index in [9.17, 15) is 0 Å². The Hall–Kier alpha value is 0. The summed E-state index contributed by atoms with van der Waals surface area (Å²) in [7, 11) is 0. The lowest BCUT2D eigenvalue weighted by Crippen LogP contribution is -2.07. The molecule has 0 aromatic rings. The molecule has 0 radical (unpaired) electrons. The Bertz CT molecular complexity index is 178. The Morgan fingerprint density at radius 1 is 0.789 bits per heavy atom. The molecule has 0 aromatic heterocycles. The van der Waals surface area contributed by atoms with E-state index >= 15 is 0 Å². The van der Waals surface area contributed by atoms with Gasteiger partial charge in [-0.1, -0.05) is 110 Å². The van der Waals surface area contributed by atoms with E-state index in [-0.39, 0.29) is 0 Å². The Balaban J connectivity index is 1.97. The van der Waals surface area contributed by atoms with Gasteiger partial charge in [-0.05, 0) is 11.8 Å². The molecule has 0 amide bonds. The summed E-state index contributed by atoms with van der Waals surface area (Å²) < 4.78 is 0. The van der Waals surface area contributed by atoms with E-state index in [4.69, 9.17) is 0 Å². The molecule has 0 spiro atoms. The van der Waals surface area contributed by atoms with Gasteiger partial charge in [0.05, 0.1) is 0 Å². The maximum atomic E-state index is 2.40. The minimum Gasteiger partial charge on any atom is -0.0654 e. The van der Waals surface area contributed by atoms with E-state index < -0.39 is 0 Å². The topological polar surface area (TPSA) is 0 Å². The van der Waals surface area contributed by atoms with Gasteiger partial charge in [-0.15, -0.1) is 0 Å². The van der Waals surface area contributed by atoms with E-state index in [1.54, 1.807) is 0 Å². The molecule has 0 aromatic carbocycles. The SMILES string of the molecule is CCCCCCCC(CC)CCCC1CCCCC1. The van der Waals surface area contributed by atoms with Gasteiger partial charge in [0.1, 0.15) is 0 Å². The fourth-order valence-electron chi connectivity index (χ4n) is 3.76. The van der Waals surface area contributed by atoms with Crippen LogP contribution in [0.1, 0.15) is 110 Å². The minimum absolute atomic E-state index is 1.03. The van der Waals surface area contributed by atoms with Crippen LogP contribution in [0.15, 0.2) is 0 Å². The zero-order chi connectivity index (χ0) is 13.8. The summed E-state index contributed by atoms with van der Waals surface area (Å²) in [5, 5.41) is 0. The highest BCUT2D eigenvalue weighted by molar-refractivity contribution is 4.67. The summed E-state index contributed by atoms with van der Waals surface area (Å²) in [6, 6.07) is 0. The van der Waals surface area contributed by atoms with Crippen LogP contribution in [0.25, 0.3) is 0 Å². The maximum Gasteiger partial charge on any atom is -0.0414 e. The first kappa shape index (κ1) is 17.1. The van der Waals surface area contributed by atoms with Crippen molar-refractivity contribution < 1.29 is 0 Å². The summed E-state index contributed by atoms with van der Waals surface area (Å²) in [5.74, 6) is 2.13. The monoisotopic (exact) mass is 266 g/mol. The lowest BCUT2D eigenvalue weighted by atomic mass is 9.84. The number of rotatable bonds is 11. The third kappa shape index (κ3) is 8.71. The number of hydrogen-bond acceptors (Lipinski definition) is 0. The number of unbranched alkanes of at least 4 members (excludes halogenated alkanes) is 4. The van der Waals surface area contributed by atoms with Crippen molar-refractivity contribution in [3.8, 4) is 0 Å². The highest BCUT2D eigenvalue weighted by Gasteiger charge is 2.14. The molecule has 0 saturated heterocycles. The Kier molecular flexibility index (Phi) is 10.6. The third-order valence-electron chi connectivity index (χ3n) is 5.24. The normalized spacial score (nSPS) is 18.6. The average Bonchev–Trinajstić information content (AvgIpc) is 2.46. The van der Waals surface area contributed by atoms with Crippen molar-refractivity contribution >= 4 is 0 Å². The first-order valence-corrected chi connectivity index (χ1v) is 9.36. The zero-order valence-corrected chi connectivity index (χ0v) is 13.8. The fraction of sp³-hybridized carbons (Fsp3) is 1.00. The maximum absolute atomic E-state index is 2.40. The van der Waals surface area contributed by atoms with Crippen LogP contribution in [0.5, 0.6) is 0 Å². The minimum atomic E-state index is 1.03. The average molecular weight is 267 g/mol. The Morgan fingerprint density at radius 3 is 2.16 bits per heavy atom. The molecular weight excluding hydrogens is 228 g/mol. The third-order valence-corrected chi connectivity index (χ3v) is 5.24. The van der Waals surface area contributed by atoms with Gasteiger partial charge in [-0.25, -0.2) is 0 Å². The Morgan fingerprint density at radius 2 is 1.47 bits per heavy atom. The van der Waals surface area contributed by atoms with E-state index in [2.05, 4.69) is 13.8 Å². The first-order chi connectivity index (χ1) is 9.36. The van der Waals surface area contributed by atoms with Crippen molar-refractivity contribution in [3.05, 3.63) is 0 Å². The highest BCUT2D eigenvalue weighted by Crippen LogP contribution is 2.29. The van der Waals surface area contributed by atoms with Crippen LogP contribution in [0.2, 0.25) is 0 Å². The fourth-order valence-corrected chi connectivity index (χ4v) is 3.76. The van der Waals surface area contributed by atoms with Crippen LogP contribution in [-0.2, 0) is 0 Å². The second-order valence-electron chi connectivity index (χ2n) is 6.91. The quantitative estimate of drug-likeness (QED) is 0.349. The molecule has 1 atom stereocenters. The van der Waals surface area contributed by atoms with Gasteiger partial charge >= 0.3 is 0 Å². The molecule has 1 rings (SSSR count). The molecule has 1 fully saturated rings. The van der Waals surface area contributed by atoms with Crippen LogP contribution in [0.4, 0.5) is 0 Å². The molecule has 0 N–H and O–H groups in total. The van der Waals surface area contributed by atoms with Gasteiger partial charge in [0.2, 0.25) is 0 Å². The molecule has 0 bridgehead atoms. The van der Waals surface area contributed by atoms with Crippen LogP contribution in [-0.4, -0.2) is 0 Å². The Labute approximate surface area is 122 Å². The van der Waals surface area contributed by atoms with Crippen LogP contribution in [0, 0.1) is 11.8 Å². The van der Waals surface area contributed by atoms with E-state index in [0.717, 1.165) is 11.8 Å². The van der Waals surface area contributed by atoms with Gasteiger partial charge in [0.15, 0.2) is 0 Å². The number of hydrogen-bond donors (Lipinski definition) is 0. The van der Waals surface area contributed by atoms with Crippen molar-refractivity contribution in [2.24, 2.45) is 11.8 Å². The van der Waals surface area contributed by atoms with Gasteiger partial charge in [-0.2, -0.15) is 0 Å². The van der Waals surface area contributed by atoms with Crippen LogP contribution >= 0.6 is 0 Å². The second kappa shape index (κ2) is 11.8. The van der Waals surface area contributed by atoms with Crippen molar-refractivity contribution in [2.75, 3.05) is 0 Å². The smallest absolute Gasteiger partial charge is 0.0414 e. The first-order valence-electron chi connectivity index (χ1n) is 9.36. The molecule has 1 saturated carbocycles. The molecule has 19 heavy (non-hydrogen) atoms. The van der Waals surface area contributed by atoms with Crippen molar-refractivity contribution in [1.29, 1.82) is 0 Å². The van der Waals surface area contributed by atoms with Gasteiger partial charge in [-0.3, -0.25) is 0 Å². The van der Waals surface area contributed by atoms with Gasteiger partial charge < -0.3 is 0 Å². The summed E-state index contributed by atoms with van der Waals surface area (Å²) in [4.78, 5) is 0. The molecule has 1 aliphatic rings. The molecule has 0 aliphatic heterocycles. The summed E-state index contributed by atoms with van der Waals surface area (Å²) in [6.45, 7) is 4.71. The summed E-state index contributed by atoms with van der Waals surface area (Å²) in [5.41, 5.74) is 0. The predicted octanol–water partition coefficient (Wildman–Crippen LogP) is 7.12. The molecule has 1 aliphatic carbocycles. The zero-order valence-electron chi connectivity index (χ0n) is 13.8. The van der Waals surface area contributed by atoms with E-state index in [1.807, 2.05) is 0 Å². The van der Waals surface area contributed by atoms with Crippen molar-refractivity contribution in [2.45, 2.75) is 110 Å². The van der Waals surface area contributed by atoms with E-state index in [0.29, 0.717) is 0 Å². The van der Waals surface area contributed by atoms with Crippen molar-refractivity contribution in [3.63, 3.8) is 0 Å². The molecule has 0 heteroatoms. The van der Waals surface area contributed by atoms with Gasteiger partial charge in [0, 0.05) is 0 Å². The molecule has 114 valence electrons. The van der Waals surface area contributed by atoms with Crippen LogP contribution in [0.3, 0.4) is 0 Å². The highest BCUT2D eigenvalue weighted by atomic mass is 14.2. The standard InChI is InChI=1S/C19H38/c1-3-5-6-7-9-13-18(4-2)16-12-17-19-14-10-8-11-15-19/h18-19H,3-17H2,1-2H3. The summed E-state index contributed by atoms with van der Waals surface area (Å²) in [6.07, 6.45) is 22.3. The van der Waals surface area contributed by atoms with E-state index in [1.165, 1.54) is 96.3 Å². The molecule has 1 unspecified atom stereocenters. The van der Waals surface area contributed by atoms with Crippen molar-refractivity contribution in [1.82, 2.24) is 0 Å². The molecule has 0 heterocycles. The summed E-state index contributed by atoms with van der Waals surface area (Å²) >= 11 is 0. The lowest BCUT2D eigenvalue weighted by Gasteiger charge is -2.22. The predicted molar refractivity (Wildman–Crippen MR) is 87.6 cm³/mol. The molecule has 0 nitrogen and oxygen atoms in total. The largest absolute Gasteiger partial charge is 0.0654 e. The second-order valence-corrected chi connectivity index (χ2v) is 6.91.